The van der Waals surface area contributed by atoms with Crippen LogP contribution in [0.2, 0.25) is 0 Å². The molecular formula is C16H15N3O2. The van der Waals surface area contributed by atoms with E-state index >= 15 is 0 Å². The van der Waals surface area contributed by atoms with E-state index in [1.54, 1.807) is 30.3 Å². The molecule has 2 aromatic rings. The van der Waals surface area contributed by atoms with E-state index in [-0.39, 0.29) is 5.91 Å². The van der Waals surface area contributed by atoms with Gasteiger partial charge in [-0.3, -0.25) is 4.79 Å². The molecule has 1 amide bonds. The molecule has 0 unspecified atom stereocenters. The van der Waals surface area contributed by atoms with Crippen LogP contribution in [-0.2, 0) is 0 Å². The summed E-state index contributed by atoms with van der Waals surface area (Å²) in [6.45, 7) is 1.90. The predicted octanol–water partition coefficient (Wildman–Crippen LogP) is 2.71. The van der Waals surface area contributed by atoms with Crippen molar-refractivity contribution in [1.29, 1.82) is 5.26 Å². The van der Waals surface area contributed by atoms with Crippen molar-refractivity contribution in [3.05, 3.63) is 53.1 Å². The third kappa shape index (κ3) is 3.12. The highest BCUT2D eigenvalue weighted by Gasteiger charge is 2.13. The third-order valence-electron chi connectivity index (χ3n) is 3.03. The van der Waals surface area contributed by atoms with E-state index in [2.05, 4.69) is 5.32 Å². The summed E-state index contributed by atoms with van der Waals surface area (Å²) < 4.78 is 5.18. The average molecular weight is 281 g/mol. The van der Waals surface area contributed by atoms with Crippen molar-refractivity contribution < 1.29 is 9.53 Å². The van der Waals surface area contributed by atoms with Gasteiger partial charge in [-0.15, -0.1) is 0 Å². The van der Waals surface area contributed by atoms with Crippen LogP contribution in [0, 0.1) is 18.3 Å². The maximum absolute atomic E-state index is 12.3. The fourth-order valence-corrected chi connectivity index (χ4v) is 1.94. The Hall–Kier alpha value is -3.00. The van der Waals surface area contributed by atoms with Gasteiger partial charge >= 0.3 is 0 Å². The summed E-state index contributed by atoms with van der Waals surface area (Å²) in [4.78, 5) is 12.3. The van der Waals surface area contributed by atoms with E-state index in [4.69, 9.17) is 15.7 Å². The number of amides is 1. The van der Waals surface area contributed by atoms with E-state index in [0.717, 1.165) is 5.56 Å². The number of carbonyl (C=O) groups excluding carboxylic acids is 1. The molecule has 2 aromatic carbocycles. The quantitative estimate of drug-likeness (QED) is 0.847. The van der Waals surface area contributed by atoms with Crippen LogP contribution < -0.4 is 15.8 Å². The van der Waals surface area contributed by atoms with Gasteiger partial charge in [0.15, 0.2) is 0 Å². The fourth-order valence-electron chi connectivity index (χ4n) is 1.94. The summed E-state index contributed by atoms with van der Waals surface area (Å²) in [5.41, 5.74) is 8.60. The van der Waals surface area contributed by atoms with Crippen LogP contribution in [0.3, 0.4) is 0 Å². The summed E-state index contributed by atoms with van der Waals surface area (Å²) in [5, 5.41) is 11.6. The van der Waals surface area contributed by atoms with Crippen LogP contribution in [0.5, 0.6) is 5.75 Å². The molecule has 0 radical (unpaired) electrons. The highest BCUT2D eigenvalue weighted by atomic mass is 16.5. The van der Waals surface area contributed by atoms with Gasteiger partial charge in [-0.05, 0) is 36.8 Å². The van der Waals surface area contributed by atoms with Gasteiger partial charge < -0.3 is 15.8 Å². The van der Waals surface area contributed by atoms with Crippen molar-refractivity contribution in [1.82, 2.24) is 0 Å². The lowest BCUT2D eigenvalue weighted by Gasteiger charge is -2.11. The van der Waals surface area contributed by atoms with Gasteiger partial charge in [-0.25, -0.2) is 0 Å². The summed E-state index contributed by atoms with van der Waals surface area (Å²) in [5.74, 6) is 0.101. The second-order valence-corrected chi connectivity index (χ2v) is 4.57. The Bertz CT molecular complexity index is 733. The molecule has 3 N–H and O–H groups in total. The molecule has 0 aliphatic carbocycles. The summed E-state index contributed by atoms with van der Waals surface area (Å²) in [7, 11) is 1.48. The largest absolute Gasteiger partial charge is 0.495 e. The zero-order valence-corrected chi connectivity index (χ0v) is 11.8. The summed E-state index contributed by atoms with van der Waals surface area (Å²) in [6.07, 6.45) is 0. The number of benzene rings is 2. The molecule has 0 aliphatic rings. The lowest BCUT2D eigenvalue weighted by molar-refractivity contribution is 0.102. The van der Waals surface area contributed by atoms with Crippen molar-refractivity contribution >= 4 is 17.3 Å². The number of hydrogen-bond acceptors (Lipinski definition) is 4. The number of nitrogen functional groups attached to an aromatic ring is 1. The van der Waals surface area contributed by atoms with Gasteiger partial charge in [0.05, 0.1) is 30.0 Å². The minimum absolute atomic E-state index is 0.324. The van der Waals surface area contributed by atoms with Crippen LogP contribution in [0.4, 0.5) is 11.4 Å². The molecule has 0 spiro atoms. The van der Waals surface area contributed by atoms with Crippen LogP contribution in [0.25, 0.3) is 0 Å². The topological polar surface area (TPSA) is 88.1 Å². The predicted molar refractivity (Wildman–Crippen MR) is 81.3 cm³/mol. The van der Waals surface area contributed by atoms with Crippen LogP contribution in [0.15, 0.2) is 36.4 Å². The first-order chi connectivity index (χ1) is 10.0. The summed E-state index contributed by atoms with van der Waals surface area (Å²) in [6, 6.07) is 12.1. The van der Waals surface area contributed by atoms with Crippen molar-refractivity contribution in [2.24, 2.45) is 0 Å². The molecule has 5 nitrogen and oxygen atoms in total. The molecule has 5 heteroatoms. The molecule has 2 rings (SSSR count). The number of carbonyl (C=O) groups is 1. The third-order valence-corrected chi connectivity index (χ3v) is 3.03. The van der Waals surface area contributed by atoms with E-state index < -0.39 is 0 Å². The number of methoxy groups -OCH3 is 1. The molecule has 0 saturated heterocycles. The molecule has 106 valence electrons. The minimum atomic E-state index is -0.324. The van der Waals surface area contributed by atoms with E-state index in [1.807, 2.05) is 19.1 Å². The molecule has 0 aromatic heterocycles. The Morgan fingerprint density at radius 2 is 2.05 bits per heavy atom. The zero-order chi connectivity index (χ0) is 15.4. The number of anilines is 2. The zero-order valence-electron chi connectivity index (χ0n) is 11.8. The van der Waals surface area contributed by atoms with Crippen molar-refractivity contribution in [3.8, 4) is 11.8 Å². The number of rotatable bonds is 3. The fraction of sp³-hybridized carbons (Fsp3) is 0.125. The highest BCUT2D eigenvalue weighted by molar-refractivity contribution is 6.08. The SMILES string of the molecule is COc1cc(C#N)ccc1NC(=O)c1ccc(C)cc1N. The Morgan fingerprint density at radius 1 is 1.29 bits per heavy atom. The monoisotopic (exact) mass is 281 g/mol. The number of nitriles is 1. The van der Waals surface area contributed by atoms with Gasteiger partial charge in [-0.2, -0.15) is 5.26 Å². The normalized spacial score (nSPS) is 9.76. The van der Waals surface area contributed by atoms with Gasteiger partial charge in [-0.1, -0.05) is 6.07 Å². The van der Waals surface area contributed by atoms with Gasteiger partial charge in [0.1, 0.15) is 5.75 Å². The first-order valence-electron chi connectivity index (χ1n) is 6.30. The molecule has 21 heavy (non-hydrogen) atoms. The lowest BCUT2D eigenvalue weighted by Crippen LogP contribution is -2.14. The molecule has 0 bridgehead atoms. The van der Waals surface area contributed by atoms with E-state index in [0.29, 0.717) is 28.3 Å². The maximum atomic E-state index is 12.3. The van der Waals surface area contributed by atoms with Crippen LogP contribution in [0.1, 0.15) is 21.5 Å². The second-order valence-electron chi connectivity index (χ2n) is 4.57. The van der Waals surface area contributed by atoms with Gasteiger partial charge in [0.2, 0.25) is 0 Å². The maximum Gasteiger partial charge on any atom is 0.257 e. The first-order valence-corrected chi connectivity index (χ1v) is 6.30. The lowest BCUT2D eigenvalue weighted by atomic mass is 10.1. The molecule has 0 fully saturated rings. The van der Waals surface area contributed by atoms with Crippen molar-refractivity contribution in [2.75, 3.05) is 18.2 Å². The Balaban J connectivity index is 2.29. The second kappa shape index (κ2) is 5.97. The molecule has 0 atom stereocenters. The Morgan fingerprint density at radius 3 is 2.67 bits per heavy atom. The number of nitrogens with zero attached hydrogens (tertiary/aromatic N) is 1. The minimum Gasteiger partial charge on any atom is -0.495 e. The van der Waals surface area contributed by atoms with Crippen molar-refractivity contribution in [3.63, 3.8) is 0 Å². The van der Waals surface area contributed by atoms with Crippen molar-refractivity contribution in [2.45, 2.75) is 6.92 Å². The Labute approximate surface area is 123 Å². The molecule has 0 aliphatic heterocycles. The first kappa shape index (κ1) is 14.4. The van der Waals surface area contributed by atoms with Crippen LogP contribution >= 0.6 is 0 Å². The average Bonchev–Trinajstić information content (AvgIpc) is 2.47. The number of hydrogen-bond donors (Lipinski definition) is 2. The van der Waals surface area contributed by atoms with E-state index in [9.17, 15) is 4.79 Å². The Kier molecular flexibility index (Phi) is 4.10. The van der Waals surface area contributed by atoms with Crippen LogP contribution in [-0.4, -0.2) is 13.0 Å². The summed E-state index contributed by atoms with van der Waals surface area (Å²) >= 11 is 0. The highest BCUT2D eigenvalue weighted by Crippen LogP contribution is 2.26. The number of aryl methyl sites for hydroxylation is 1. The standard InChI is InChI=1S/C16H15N3O2/c1-10-3-5-12(13(18)7-10)16(20)19-14-6-4-11(9-17)8-15(14)21-2/h3-8H,18H2,1-2H3,(H,19,20). The molecule has 0 heterocycles. The van der Waals surface area contributed by atoms with E-state index in [1.165, 1.54) is 7.11 Å². The van der Waals surface area contributed by atoms with Gasteiger partial charge in [0, 0.05) is 11.8 Å². The molecular weight excluding hydrogens is 266 g/mol. The smallest absolute Gasteiger partial charge is 0.257 e. The molecule has 0 saturated carbocycles. The number of nitrogens with two attached hydrogens (primary N) is 1. The number of nitrogens with one attached hydrogen (secondary N) is 1. The van der Waals surface area contributed by atoms with Gasteiger partial charge in [0.25, 0.3) is 5.91 Å². The number of ether oxygens (including phenoxy) is 1.